The second-order valence-electron chi connectivity index (χ2n) is 4.79. The van der Waals surface area contributed by atoms with Gasteiger partial charge < -0.3 is 4.74 Å². The van der Waals surface area contributed by atoms with Gasteiger partial charge in [0.1, 0.15) is 23.7 Å². The smallest absolute Gasteiger partial charge is 0.188 e. The third-order valence-corrected chi connectivity index (χ3v) is 3.84. The van der Waals surface area contributed by atoms with Crippen molar-refractivity contribution in [2.75, 3.05) is 6.61 Å². The van der Waals surface area contributed by atoms with Crippen LogP contribution in [0.2, 0.25) is 5.02 Å². The highest BCUT2D eigenvalue weighted by Crippen LogP contribution is 2.31. The Kier molecular flexibility index (Phi) is 3.86. The first-order chi connectivity index (χ1) is 10.2. The summed E-state index contributed by atoms with van der Waals surface area (Å²) in [6.45, 7) is 0.760. The topological polar surface area (TPSA) is 63.7 Å². The van der Waals surface area contributed by atoms with Crippen LogP contribution in [0.3, 0.4) is 0 Å². The highest BCUT2D eigenvalue weighted by atomic mass is 35.5. The van der Waals surface area contributed by atoms with Crippen molar-refractivity contribution >= 4 is 11.6 Å². The minimum absolute atomic E-state index is 0.120. The molecule has 2 heterocycles. The van der Waals surface area contributed by atoms with E-state index in [2.05, 4.69) is 10.3 Å². The fourth-order valence-corrected chi connectivity index (χ4v) is 2.68. The Morgan fingerprint density at radius 3 is 3.05 bits per heavy atom. The molecule has 0 radical (unpaired) electrons. The fourth-order valence-electron chi connectivity index (χ4n) is 2.46. The first kappa shape index (κ1) is 14.0. The van der Waals surface area contributed by atoms with Gasteiger partial charge in [0.2, 0.25) is 0 Å². The lowest BCUT2D eigenvalue weighted by molar-refractivity contribution is 0.104. The lowest BCUT2D eigenvalue weighted by atomic mass is 10.1. The number of hydrogen-bond acceptors (Lipinski definition) is 4. The summed E-state index contributed by atoms with van der Waals surface area (Å²) in [6.07, 6.45) is 1.49. The monoisotopic (exact) mass is 306 g/mol. The summed E-state index contributed by atoms with van der Waals surface area (Å²) in [5.74, 6) is -0.408. The molecule has 0 bridgehead atoms. The molecular weight excluding hydrogens is 295 g/mol. The Morgan fingerprint density at radius 1 is 1.52 bits per heavy atom. The molecule has 2 aromatic rings. The number of nitrogens with zero attached hydrogens (tertiary/aromatic N) is 4. The van der Waals surface area contributed by atoms with Gasteiger partial charge in [0.05, 0.1) is 6.54 Å². The number of hydrogen-bond donors (Lipinski definition) is 0. The fraction of sp³-hybridized carbons (Fsp3) is 0.357. The third-order valence-electron chi connectivity index (χ3n) is 3.48. The van der Waals surface area contributed by atoms with Crippen LogP contribution in [0.1, 0.15) is 35.9 Å². The molecule has 5 nitrogen and oxygen atoms in total. The number of nitriles is 1. The molecule has 1 aromatic heterocycles. The lowest BCUT2D eigenvalue weighted by Gasteiger charge is -2.13. The van der Waals surface area contributed by atoms with E-state index in [1.54, 1.807) is 12.1 Å². The maximum atomic E-state index is 13.9. The standard InChI is InChI=1S/C14H12ClFN4O/c15-10-3-1-4-11(16)9(10)8-20-14(12(7-17)18-19-20)13-5-2-6-21-13/h1,3-4,13H,2,5-6,8H2. The van der Waals surface area contributed by atoms with Crippen molar-refractivity contribution < 1.29 is 9.13 Å². The lowest BCUT2D eigenvalue weighted by Crippen LogP contribution is -2.12. The maximum absolute atomic E-state index is 13.9. The van der Waals surface area contributed by atoms with Crippen molar-refractivity contribution in [3.63, 3.8) is 0 Å². The summed E-state index contributed by atoms with van der Waals surface area (Å²) in [5, 5.41) is 17.3. The quantitative estimate of drug-likeness (QED) is 0.874. The predicted octanol–water partition coefficient (Wildman–Crippen LogP) is 2.84. The van der Waals surface area contributed by atoms with Crippen molar-refractivity contribution in [1.82, 2.24) is 15.0 Å². The van der Waals surface area contributed by atoms with E-state index in [0.717, 1.165) is 12.8 Å². The molecule has 3 rings (SSSR count). The molecule has 1 fully saturated rings. The number of benzene rings is 1. The number of aromatic nitrogens is 3. The molecule has 0 amide bonds. The summed E-state index contributed by atoms with van der Waals surface area (Å²) in [4.78, 5) is 0. The molecule has 0 saturated carbocycles. The van der Waals surface area contributed by atoms with Gasteiger partial charge in [0.25, 0.3) is 0 Å². The molecule has 1 unspecified atom stereocenters. The number of halogens is 2. The summed E-state index contributed by atoms with van der Waals surface area (Å²) >= 11 is 6.03. The molecule has 0 aliphatic carbocycles. The molecule has 108 valence electrons. The van der Waals surface area contributed by atoms with Crippen LogP contribution in [-0.2, 0) is 11.3 Å². The molecule has 1 saturated heterocycles. The van der Waals surface area contributed by atoms with Crippen LogP contribution in [0.25, 0.3) is 0 Å². The van der Waals surface area contributed by atoms with E-state index in [1.165, 1.54) is 10.7 Å². The second kappa shape index (κ2) is 5.80. The van der Waals surface area contributed by atoms with Crippen LogP contribution in [0, 0.1) is 17.1 Å². The molecule has 1 aromatic carbocycles. The highest BCUT2D eigenvalue weighted by molar-refractivity contribution is 6.31. The van der Waals surface area contributed by atoms with Gasteiger partial charge in [0.15, 0.2) is 5.69 Å². The van der Waals surface area contributed by atoms with Crippen LogP contribution in [0.4, 0.5) is 4.39 Å². The first-order valence-electron chi connectivity index (χ1n) is 6.58. The van der Waals surface area contributed by atoms with Crippen molar-refractivity contribution in [1.29, 1.82) is 5.26 Å². The molecular formula is C14H12ClFN4O. The zero-order valence-electron chi connectivity index (χ0n) is 11.1. The maximum Gasteiger partial charge on any atom is 0.188 e. The average molecular weight is 307 g/mol. The van der Waals surface area contributed by atoms with Crippen molar-refractivity contribution in [3.8, 4) is 6.07 Å². The first-order valence-corrected chi connectivity index (χ1v) is 6.96. The van der Waals surface area contributed by atoms with Crippen LogP contribution < -0.4 is 0 Å². The number of ether oxygens (including phenoxy) is 1. The highest BCUT2D eigenvalue weighted by Gasteiger charge is 2.27. The van der Waals surface area contributed by atoms with Gasteiger partial charge in [-0.05, 0) is 25.0 Å². The van der Waals surface area contributed by atoms with Crippen LogP contribution in [-0.4, -0.2) is 21.6 Å². The third kappa shape index (κ3) is 2.62. The van der Waals surface area contributed by atoms with Gasteiger partial charge in [-0.15, -0.1) is 5.10 Å². The second-order valence-corrected chi connectivity index (χ2v) is 5.20. The van der Waals surface area contributed by atoms with Gasteiger partial charge in [-0.3, -0.25) is 0 Å². The zero-order valence-corrected chi connectivity index (χ0v) is 11.8. The molecule has 0 N–H and O–H groups in total. The molecule has 1 aliphatic heterocycles. The van der Waals surface area contributed by atoms with Gasteiger partial charge in [-0.2, -0.15) is 5.26 Å². The van der Waals surface area contributed by atoms with Crippen LogP contribution in [0.5, 0.6) is 0 Å². The van der Waals surface area contributed by atoms with E-state index in [4.69, 9.17) is 21.6 Å². The van der Waals surface area contributed by atoms with E-state index in [1.807, 2.05) is 6.07 Å². The van der Waals surface area contributed by atoms with Crippen molar-refractivity contribution in [3.05, 3.63) is 46.0 Å². The van der Waals surface area contributed by atoms with Gasteiger partial charge in [0, 0.05) is 17.2 Å². The summed E-state index contributed by atoms with van der Waals surface area (Å²) in [7, 11) is 0. The van der Waals surface area contributed by atoms with E-state index in [0.29, 0.717) is 22.9 Å². The van der Waals surface area contributed by atoms with Gasteiger partial charge >= 0.3 is 0 Å². The molecule has 1 aliphatic rings. The zero-order chi connectivity index (χ0) is 14.8. The van der Waals surface area contributed by atoms with E-state index in [9.17, 15) is 4.39 Å². The van der Waals surface area contributed by atoms with E-state index in [-0.39, 0.29) is 18.3 Å². The Balaban J connectivity index is 1.99. The van der Waals surface area contributed by atoms with E-state index < -0.39 is 5.82 Å². The predicted molar refractivity (Wildman–Crippen MR) is 73.2 cm³/mol. The van der Waals surface area contributed by atoms with E-state index >= 15 is 0 Å². The normalized spacial score (nSPS) is 17.9. The molecule has 0 spiro atoms. The SMILES string of the molecule is N#Cc1nnn(Cc2c(F)cccc2Cl)c1C1CCCO1. The van der Waals surface area contributed by atoms with Crippen LogP contribution >= 0.6 is 11.6 Å². The van der Waals surface area contributed by atoms with Crippen molar-refractivity contribution in [2.24, 2.45) is 0 Å². The minimum Gasteiger partial charge on any atom is -0.372 e. The Bertz CT molecular complexity index is 683. The Hall–Kier alpha value is -1.97. The Morgan fingerprint density at radius 2 is 2.38 bits per heavy atom. The average Bonchev–Trinajstić information content (AvgIpc) is 3.11. The molecule has 1 atom stereocenters. The summed E-state index contributed by atoms with van der Waals surface area (Å²) < 4.78 is 21.0. The largest absolute Gasteiger partial charge is 0.372 e. The van der Waals surface area contributed by atoms with Crippen LogP contribution in [0.15, 0.2) is 18.2 Å². The Labute approximate surface area is 125 Å². The molecule has 7 heteroatoms. The minimum atomic E-state index is -0.408. The van der Waals surface area contributed by atoms with Gasteiger partial charge in [-0.1, -0.05) is 22.9 Å². The summed E-state index contributed by atoms with van der Waals surface area (Å²) in [5.41, 5.74) is 1.14. The molecule has 21 heavy (non-hydrogen) atoms. The summed E-state index contributed by atoms with van der Waals surface area (Å²) in [6, 6.07) is 6.51. The van der Waals surface area contributed by atoms with Gasteiger partial charge in [-0.25, -0.2) is 9.07 Å². The van der Waals surface area contributed by atoms with Crippen molar-refractivity contribution in [2.45, 2.75) is 25.5 Å². The number of rotatable bonds is 3.